The number of carbonyl (C=O) groups excluding carboxylic acids is 1. The minimum absolute atomic E-state index is 0.00611. The quantitative estimate of drug-likeness (QED) is 0.480. The Morgan fingerprint density at radius 1 is 1.42 bits per heavy atom. The fourth-order valence-corrected chi connectivity index (χ4v) is 3.79. The lowest BCUT2D eigenvalue weighted by Crippen LogP contribution is -2.48. The van der Waals surface area contributed by atoms with Crippen molar-refractivity contribution in [2.24, 2.45) is 11.7 Å². The van der Waals surface area contributed by atoms with Crippen molar-refractivity contribution in [3.63, 3.8) is 0 Å². The van der Waals surface area contributed by atoms with Crippen LogP contribution in [0.2, 0.25) is 0 Å². The molecule has 180 valence electrons. The minimum atomic E-state index is -2.93. The summed E-state index contributed by atoms with van der Waals surface area (Å²) in [6.45, 7) is -1.45. The van der Waals surface area contributed by atoms with Crippen LogP contribution in [0.4, 0.5) is 24.8 Å². The van der Waals surface area contributed by atoms with Crippen molar-refractivity contribution in [2.75, 3.05) is 43.4 Å². The predicted molar refractivity (Wildman–Crippen MR) is 115 cm³/mol. The van der Waals surface area contributed by atoms with Gasteiger partial charge in [-0.05, 0) is 30.7 Å². The summed E-state index contributed by atoms with van der Waals surface area (Å²) in [5.74, 6) is -1.23. The number of alkyl halides is 2. The number of nitrogens with two attached hydrogens (primary N) is 1. The fraction of sp³-hybridized carbons (Fsp3) is 0.476. The molecule has 33 heavy (non-hydrogen) atoms. The molecule has 12 heteroatoms. The molecule has 9 nitrogen and oxygen atoms in total. The van der Waals surface area contributed by atoms with Crippen molar-refractivity contribution in [1.29, 1.82) is 0 Å². The molecule has 1 aliphatic heterocycles. The van der Waals surface area contributed by atoms with Gasteiger partial charge >= 0.3 is 6.61 Å². The van der Waals surface area contributed by atoms with Gasteiger partial charge in [-0.25, -0.2) is 9.97 Å². The van der Waals surface area contributed by atoms with E-state index in [1.54, 1.807) is 24.1 Å². The number of nitrogens with zero attached hydrogens (tertiary/aromatic N) is 4. The smallest absolute Gasteiger partial charge is 0.387 e. The highest BCUT2D eigenvalue weighted by Gasteiger charge is 2.28. The fourth-order valence-electron chi connectivity index (χ4n) is 3.79. The zero-order valence-electron chi connectivity index (χ0n) is 18.1. The van der Waals surface area contributed by atoms with E-state index in [2.05, 4.69) is 20.0 Å². The molecule has 4 N–H and O–H groups in total. The number of aliphatic hydroxyl groups excluding tert-OH is 1. The SMILES string of the molecule is CN(Cc1cccc(OC(F)F)c1)c1ncnc(NCC2CCN(CC(N)=O)C[C@H]2O)c1F. The van der Waals surface area contributed by atoms with Crippen LogP contribution in [0.5, 0.6) is 5.75 Å². The summed E-state index contributed by atoms with van der Waals surface area (Å²) in [4.78, 5) is 22.3. The standard InChI is InChI=1S/C21H27F3N6O3/c1-29(9-13-3-2-4-15(7-13)33-21(23)24)20-18(22)19(27-12-28-20)26-8-14-5-6-30(10-16(14)31)11-17(25)32/h2-4,7,12,14,16,21,31H,5-6,8-11H2,1H3,(H2,25,32)(H,26,27,28)/t14?,16-/m1/s1. The Bertz CT molecular complexity index is 951. The highest BCUT2D eigenvalue weighted by Crippen LogP contribution is 2.25. The van der Waals surface area contributed by atoms with Gasteiger partial charge in [-0.2, -0.15) is 13.2 Å². The van der Waals surface area contributed by atoms with E-state index in [1.807, 2.05) is 0 Å². The molecular weight excluding hydrogens is 441 g/mol. The number of carbonyl (C=O) groups is 1. The van der Waals surface area contributed by atoms with Crippen molar-refractivity contribution in [3.05, 3.63) is 42.0 Å². The number of aliphatic hydroxyl groups is 1. The molecule has 0 bridgehead atoms. The van der Waals surface area contributed by atoms with E-state index in [-0.39, 0.29) is 42.9 Å². The lowest BCUT2D eigenvalue weighted by molar-refractivity contribution is -0.120. The van der Waals surface area contributed by atoms with Gasteiger partial charge in [-0.15, -0.1) is 0 Å². The molecule has 2 atom stereocenters. The van der Waals surface area contributed by atoms with E-state index < -0.39 is 24.4 Å². The second-order valence-electron chi connectivity index (χ2n) is 7.94. The molecule has 0 spiro atoms. The number of primary amides is 1. The van der Waals surface area contributed by atoms with E-state index in [1.165, 1.54) is 23.4 Å². The molecule has 3 rings (SSSR count). The number of amides is 1. The van der Waals surface area contributed by atoms with E-state index in [9.17, 15) is 18.7 Å². The first kappa shape index (κ1) is 24.5. The molecule has 1 aliphatic rings. The first-order valence-electron chi connectivity index (χ1n) is 10.4. The van der Waals surface area contributed by atoms with Gasteiger partial charge in [-0.3, -0.25) is 9.69 Å². The summed E-state index contributed by atoms with van der Waals surface area (Å²) in [6.07, 6.45) is 1.14. The number of likely N-dealkylation sites (tertiary alicyclic amines) is 1. The molecule has 1 unspecified atom stereocenters. The maximum absolute atomic E-state index is 15.1. The van der Waals surface area contributed by atoms with Gasteiger partial charge in [0, 0.05) is 32.6 Å². The normalized spacial score (nSPS) is 18.8. The van der Waals surface area contributed by atoms with Gasteiger partial charge in [0.05, 0.1) is 12.6 Å². The zero-order chi connectivity index (χ0) is 24.0. The van der Waals surface area contributed by atoms with Crippen molar-refractivity contribution in [2.45, 2.75) is 25.7 Å². The monoisotopic (exact) mass is 468 g/mol. The van der Waals surface area contributed by atoms with Crippen LogP contribution in [-0.2, 0) is 11.3 Å². The van der Waals surface area contributed by atoms with Gasteiger partial charge in [0.1, 0.15) is 12.1 Å². The third-order valence-electron chi connectivity index (χ3n) is 5.39. The van der Waals surface area contributed by atoms with E-state index >= 15 is 4.39 Å². The second-order valence-corrected chi connectivity index (χ2v) is 7.94. The van der Waals surface area contributed by atoms with Crippen LogP contribution in [0, 0.1) is 11.7 Å². The third kappa shape index (κ3) is 6.93. The first-order chi connectivity index (χ1) is 15.7. The molecule has 1 aromatic carbocycles. The average Bonchev–Trinajstić information content (AvgIpc) is 2.73. The number of β-amino-alcohol motifs (C(OH)–C–C–N with tert-alkyl or cyclic N) is 1. The predicted octanol–water partition coefficient (Wildman–Crippen LogP) is 1.43. The molecule has 1 fully saturated rings. The first-order valence-corrected chi connectivity index (χ1v) is 10.4. The Hall–Kier alpha value is -3.12. The van der Waals surface area contributed by atoms with Gasteiger partial charge in [0.25, 0.3) is 0 Å². The van der Waals surface area contributed by atoms with E-state index in [0.717, 1.165) is 0 Å². The van der Waals surface area contributed by atoms with Gasteiger partial charge < -0.3 is 25.8 Å². The number of rotatable bonds is 10. The van der Waals surface area contributed by atoms with E-state index in [0.29, 0.717) is 25.1 Å². The topological polar surface area (TPSA) is 117 Å². The van der Waals surface area contributed by atoms with Crippen LogP contribution in [0.15, 0.2) is 30.6 Å². The summed E-state index contributed by atoms with van der Waals surface area (Å²) < 4.78 is 44.3. The lowest BCUT2D eigenvalue weighted by Gasteiger charge is -2.35. The Morgan fingerprint density at radius 3 is 2.91 bits per heavy atom. The molecule has 0 aliphatic carbocycles. The number of anilines is 2. The number of benzene rings is 1. The van der Waals surface area contributed by atoms with Crippen LogP contribution in [0.1, 0.15) is 12.0 Å². The summed E-state index contributed by atoms with van der Waals surface area (Å²) in [6, 6.07) is 6.14. The van der Waals surface area contributed by atoms with Gasteiger partial charge in [0.15, 0.2) is 11.6 Å². The van der Waals surface area contributed by atoms with Crippen molar-refractivity contribution < 1.29 is 27.8 Å². The number of piperidine rings is 1. The Labute approximate surface area is 189 Å². The molecule has 0 radical (unpaired) electrons. The third-order valence-corrected chi connectivity index (χ3v) is 5.39. The maximum Gasteiger partial charge on any atom is 0.387 e. The largest absolute Gasteiger partial charge is 0.435 e. The summed E-state index contributed by atoms with van der Waals surface area (Å²) in [5, 5.41) is 13.3. The Kier molecular flexibility index (Phi) is 8.28. The number of nitrogens with one attached hydrogen (secondary N) is 1. The maximum atomic E-state index is 15.1. The minimum Gasteiger partial charge on any atom is -0.435 e. The highest BCUT2D eigenvalue weighted by atomic mass is 19.3. The van der Waals surface area contributed by atoms with Crippen molar-refractivity contribution in [3.8, 4) is 5.75 Å². The molecule has 2 aromatic rings. The second kappa shape index (κ2) is 11.1. The molecule has 1 amide bonds. The zero-order valence-corrected chi connectivity index (χ0v) is 18.1. The van der Waals surface area contributed by atoms with Crippen molar-refractivity contribution >= 4 is 17.5 Å². The summed E-state index contributed by atoms with van der Waals surface area (Å²) in [7, 11) is 1.62. The number of aromatic nitrogens is 2. The average molecular weight is 468 g/mol. The molecule has 0 saturated carbocycles. The van der Waals surface area contributed by atoms with Crippen LogP contribution >= 0.6 is 0 Å². The number of hydrogen-bond donors (Lipinski definition) is 3. The van der Waals surface area contributed by atoms with Crippen LogP contribution in [0.25, 0.3) is 0 Å². The number of hydrogen-bond acceptors (Lipinski definition) is 8. The van der Waals surface area contributed by atoms with Gasteiger partial charge in [0.2, 0.25) is 11.7 Å². The Balaban J connectivity index is 1.61. The van der Waals surface area contributed by atoms with Crippen LogP contribution in [0.3, 0.4) is 0 Å². The number of ether oxygens (including phenoxy) is 1. The van der Waals surface area contributed by atoms with Crippen LogP contribution < -0.4 is 20.7 Å². The summed E-state index contributed by atoms with van der Waals surface area (Å²) >= 11 is 0. The molecule has 1 saturated heterocycles. The lowest BCUT2D eigenvalue weighted by atomic mass is 9.94. The highest BCUT2D eigenvalue weighted by molar-refractivity contribution is 5.75. The Morgan fingerprint density at radius 2 is 2.21 bits per heavy atom. The summed E-state index contributed by atoms with van der Waals surface area (Å²) in [5.41, 5.74) is 5.83. The van der Waals surface area contributed by atoms with Crippen molar-refractivity contribution in [1.82, 2.24) is 14.9 Å². The number of halogens is 3. The van der Waals surface area contributed by atoms with Crippen LogP contribution in [-0.4, -0.2) is 71.8 Å². The van der Waals surface area contributed by atoms with Gasteiger partial charge in [-0.1, -0.05) is 12.1 Å². The van der Waals surface area contributed by atoms with E-state index in [4.69, 9.17) is 5.73 Å². The molecule has 1 aromatic heterocycles. The molecular formula is C21H27F3N6O3. The molecule has 2 heterocycles.